The van der Waals surface area contributed by atoms with Gasteiger partial charge in [0.2, 0.25) is 0 Å². The van der Waals surface area contributed by atoms with Crippen molar-refractivity contribution in [3.8, 4) is 0 Å². The molecule has 0 N–H and O–H groups in total. The van der Waals surface area contributed by atoms with E-state index in [9.17, 15) is 44.3 Å². The molecule has 0 aromatic rings. The van der Waals surface area contributed by atoms with Gasteiger partial charge in [-0.25, -0.2) is 4.79 Å². The molecule has 0 spiro atoms. The summed E-state index contributed by atoms with van der Waals surface area (Å²) in [4.78, 5) is 11.0. The van der Waals surface area contributed by atoms with Gasteiger partial charge in [-0.1, -0.05) is 0 Å². The Morgan fingerprint density at radius 1 is 0.950 bits per heavy atom. The number of cyclic esters (lactones) is 1. The Morgan fingerprint density at radius 2 is 1.35 bits per heavy atom. The molecule has 1 saturated heterocycles. The molecule has 0 saturated carbocycles. The Balaban J connectivity index is 3.27. The van der Waals surface area contributed by atoms with Gasteiger partial charge in [0.1, 0.15) is 0 Å². The van der Waals surface area contributed by atoms with Gasteiger partial charge in [0.05, 0.1) is 6.42 Å². The van der Waals surface area contributed by atoms with Gasteiger partial charge >= 0.3 is 30.3 Å². The molecule has 0 aromatic carbocycles. The molecule has 0 amide bonds. The predicted octanol–water partition coefficient (Wildman–Crippen LogP) is 3.09. The van der Waals surface area contributed by atoms with Crippen molar-refractivity contribution in [1.29, 1.82) is 0 Å². The lowest BCUT2D eigenvalue weighted by molar-refractivity contribution is -0.446. The highest BCUT2D eigenvalue weighted by Gasteiger charge is 2.82. The van der Waals surface area contributed by atoms with Crippen LogP contribution in [-0.2, 0) is 14.3 Å². The van der Waals surface area contributed by atoms with Gasteiger partial charge in [-0.15, -0.1) is 0 Å². The molecule has 0 bridgehead atoms. The van der Waals surface area contributed by atoms with Crippen molar-refractivity contribution in [1.82, 2.24) is 0 Å². The van der Waals surface area contributed by atoms with Crippen LogP contribution in [0.1, 0.15) is 13.3 Å². The number of alkyl halides is 9. The molecule has 1 atom stereocenters. The van der Waals surface area contributed by atoms with Crippen molar-refractivity contribution in [3.63, 3.8) is 0 Å². The van der Waals surface area contributed by atoms with Crippen molar-refractivity contribution in [2.24, 2.45) is 0 Å². The van der Waals surface area contributed by atoms with E-state index in [-0.39, 0.29) is 6.92 Å². The van der Waals surface area contributed by atoms with Gasteiger partial charge in [-0.2, -0.15) is 39.5 Å². The maximum absolute atomic E-state index is 12.5. The number of carbonyl (C=O) groups excluding carboxylic acids is 1. The number of rotatable bonds is 1. The van der Waals surface area contributed by atoms with Crippen LogP contribution < -0.4 is 0 Å². The maximum Gasteiger partial charge on any atom is 0.465 e. The van der Waals surface area contributed by atoms with Crippen LogP contribution in [-0.4, -0.2) is 35.9 Å². The molecule has 0 radical (unpaired) electrons. The Hall–Kier alpha value is -1.20. The van der Waals surface area contributed by atoms with Crippen molar-refractivity contribution in [2.45, 2.75) is 43.3 Å². The van der Waals surface area contributed by atoms with Crippen LogP contribution >= 0.6 is 0 Å². The first-order valence-corrected chi connectivity index (χ1v) is 4.68. The molecular weight excluding hydrogens is 315 g/mol. The standard InChI is InChI=1S/C8H5F9O3/c1-4(2-5(9,10)11)3(18)19-6(20-4,7(12,13)14)8(15,16)17/h2H2,1H3/t4-/m0/s1. The summed E-state index contributed by atoms with van der Waals surface area (Å²) < 4.78 is 118. The number of carbonyl (C=O) groups is 1. The number of esters is 1. The topological polar surface area (TPSA) is 35.5 Å². The van der Waals surface area contributed by atoms with E-state index >= 15 is 0 Å². The van der Waals surface area contributed by atoms with Crippen LogP contribution in [0.3, 0.4) is 0 Å². The smallest absolute Gasteiger partial charge is 0.414 e. The molecule has 1 rings (SSSR count). The Bertz CT molecular complexity index is 393. The summed E-state index contributed by atoms with van der Waals surface area (Å²) in [7, 11) is 0. The van der Waals surface area contributed by atoms with Crippen LogP contribution in [0.25, 0.3) is 0 Å². The minimum Gasteiger partial charge on any atom is -0.414 e. The van der Waals surface area contributed by atoms with E-state index in [0.717, 1.165) is 0 Å². The third-order valence-corrected chi connectivity index (χ3v) is 2.32. The lowest BCUT2D eigenvalue weighted by Crippen LogP contribution is -2.59. The molecule has 20 heavy (non-hydrogen) atoms. The summed E-state index contributed by atoms with van der Waals surface area (Å²) in [5.74, 6) is -7.80. The zero-order chi connectivity index (χ0) is 16.2. The SMILES string of the molecule is C[C@@]1(CC(F)(F)F)OC(C(F)(F)F)(C(F)(F)F)OC1=O. The third-order valence-electron chi connectivity index (χ3n) is 2.32. The summed E-state index contributed by atoms with van der Waals surface area (Å²) in [6.07, 6.45) is -20.2. The van der Waals surface area contributed by atoms with Crippen LogP contribution in [0.5, 0.6) is 0 Å². The molecule has 1 aliphatic rings. The second-order valence-electron chi connectivity index (χ2n) is 4.13. The summed E-state index contributed by atoms with van der Waals surface area (Å²) in [6, 6.07) is 0. The van der Waals surface area contributed by atoms with E-state index in [4.69, 9.17) is 0 Å². The third kappa shape index (κ3) is 2.65. The van der Waals surface area contributed by atoms with Gasteiger partial charge in [-0.3, -0.25) is 0 Å². The van der Waals surface area contributed by atoms with Crippen molar-refractivity contribution in [2.75, 3.05) is 0 Å². The van der Waals surface area contributed by atoms with Gasteiger partial charge in [0, 0.05) is 0 Å². The quantitative estimate of drug-likeness (QED) is 0.550. The minimum absolute atomic E-state index is 0.141. The average molecular weight is 320 g/mol. The Morgan fingerprint density at radius 3 is 1.60 bits per heavy atom. The summed E-state index contributed by atoms with van der Waals surface area (Å²) in [5, 5.41) is 0. The second-order valence-corrected chi connectivity index (χ2v) is 4.13. The van der Waals surface area contributed by atoms with Crippen LogP contribution in [0, 0.1) is 0 Å². The minimum atomic E-state index is -6.29. The van der Waals surface area contributed by atoms with E-state index in [2.05, 4.69) is 9.47 Å². The van der Waals surface area contributed by atoms with Crippen molar-refractivity contribution < 1.29 is 53.8 Å². The van der Waals surface area contributed by atoms with Crippen molar-refractivity contribution >= 4 is 5.97 Å². The van der Waals surface area contributed by atoms with Crippen LogP contribution in [0.4, 0.5) is 39.5 Å². The highest BCUT2D eigenvalue weighted by atomic mass is 19.4. The first-order valence-electron chi connectivity index (χ1n) is 4.68. The van der Waals surface area contributed by atoms with Gasteiger partial charge in [0.15, 0.2) is 5.60 Å². The molecule has 3 nitrogen and oxygen atoms in total. The fourth-order valence-corrected chi connectivity index (χ4v) is 1.50. The van der Waals surface area contributed by atoms with Crippen LogP contribution in [0.15, 0.2) is 0 Å². The van der Waals surface area contributed by atoms with Gasteiger partial charge < -0.3 is 9.47 Å². The molecule has 1 fully saturated rings. The molecule has 1 aliphatic heterocycles. The normalized spacial score (nSPS) is 27.6. The fourth-order valence-electron chi connectivity index (χ4n) is 1.50. The summed E-state index contributed by atoms with van der Waals surface area (Å²) in [5.41, 5.74) is -3.44. The average Bonchev–Trinajstić information content (AvgIpc) is 2.34. The Kier molecular flexibility index (Phi) is 3.50. The largest absolute Gasteiger partial charge is 0.465 e. The molecular formula is C8H5F9O3. The fraction of sp³-hybridized carbons (Fsp3) is 0.875. The first-order chi connectivity index (χ1) is 8.54. The lowest BCUT2D eigenvalue weighted by Gasteiger charge is -2.31. The lowest BCUT2D eigenvalue weighted by atomic mass is 10.0. The predicted molar refractivity (Wildman–Crippen MR) is 41.1 cm³/mol. The zero-order valence-electron chi connectivity index (χ0n) is 9.33. The van der Waals surface area contributed by atoms with Gasteiger partial charge in [0.25, 0.3) is 0 Å². The molecule has 0 aliphatic carbocycles. The van der Waals surface area contributed by atoms with E-state index in [1.54, 1.807) is 0 Å². The monoisotopic (exact) mass is 320 g/mol. The molecule has 1 heterocycles. The second kappa shape index (κ2) is 4.15. The van der Waals surface area contributed by atoms with Gasteiger partial charge in [-0.05, 0) is 6.92 Å². The molecule has 0 aromatic heterocycles. The van der Waals surface area contributed by atoms with Crippen molar-refractivity contribution in [3.05, 3.63) is 0 Å². The first kappa shape index (κ1) is 16.9. The highest BCUT2D eigenvalue weighted by molar-refractivity contribution is 5.81. The van der Waals surface area contributed by atoms with E-state index in [1.807, 2.05) is 0 Å². The maximum atomic E-state index is 12.5. The summed E-state index contributed by atoms with van der Waals surface area (Å²) in [6.45, 7) is 0.141. The number of halogens is 9. The summed E-state index contributed by atoms with van der Waals surface area (Å²) >= 11 is 0. The van der Waals surface area contributed by atoms with E-state index in [1.165, 1.54) is 0 Å². The number of hydrogen-bond donors (Lipinski definition) is 0. The number of hydrogen-bond acceptors (Lipinski definition) is 3. The zero-order valence-corrected chi connectivity index (χ0v) is 9.33. The van der Waals surface area contributed by atoms with E-state index in [0.29, 0.717) is 0 Å². The van der Waals surface area contributed by atoms with Crippen LogP contribution in [0.2, 0.25) is 0 Å². The molecule has 0 unspecified atom stereocenters. The molecule has 12 heteroatoms. The molecule has 118 valence electrons. The highest BCUT2D eigenvalue weighted by Crippen LogP contribution is 2.54. The number of ether oxygens (including phenoxy) is 2. The Labute approximate surface area is 104 Å². The van der Waals surface area contributed by atoms with E-state index < -0.39 is 42.3 Å².